The summed E-state index contributed by atoms with van der Waals surface area (Å²) in [5.74, 6) is -0.185. The number of hydrogen-bond donors (Lipinski definition) is 2. The van der Waals surface area contributed by atoms with Crippen molar-refractivity contribution < 1.29 is 4.79 Å². The highest BCUT2D eigenvalue weighted by Crippen LogP contribution is 2.22. The van der Waals surface area contributed by atoms with Crippen molar-refractivity contribution in [3.05, 3.63) is 38.2 Å². The van der Waals surface area contributed by atoms with Gasteiger partial charge in [0.05, 0.1) is 10.9 Å². The molecule has 1 saturated heterocycles. The molecule has 156 valence electrons. The lowest BCUT2D eigenvalue weighted by Crippen LogP contribution is -2.35. The Hall–Kier alpha value is -1.90. The van der Waals surface area contributed by atoms with Crippen LogP contribution in [0, 0.1) is 0 Å². The Morgan fingerprint density at radius 2 is 2.04 bits per heavy atom. The number of fused-ring (bicyclic) bond motifs is 1. The first kappa shape index (κ1) is 24.1. The number of nitrogens with zero attached hydrogens (tertiary/aromatic N) is 3. The maximum absolute atomic E-state index is 13.1. The number of rotatable bonds is 4. The molecule has 1 aliphatic rings. The predicted molar refractivity (Wildman–Crippen MR) is 114 cm³/mol. The summed E-state index contributed by atoms with van der Waals surface area (Å²) in [6.45, 7) is 7.31. The monoisotopic (exact) mass is 431 g/mol. The lowest BCUT2D eigenvalue weighted by Gasteiger charge is -2.19. The molecule has 3 heterocycles. The molecule has 1 fully saturated rings. The Morgan fingerprint density at radius 3 is 2.57 bits per heavy atom. The minimum atomic E-state index is -0.577. The van der Waals surface area contributed by atoms with E-state index in [0.29, 0.717) is 37.3 Å². The molecule has 0 saturated carbocycles. The first-order valence-corrected chi connectivity index (χ1v) is 9.06. The van der Waals surface area contributed by atoms with E-state index in [0.717, 1.165) is 6.42 Å². The van der Waals surface area contributed by atoms with Crippen molar-refractivity contribution in [2.75, 3.05) is 13.1 Å². The van der Waals surface area contributed by atoms with E-state index in [4.69, 9.17) is 5.73 Å². The second-order valence-electron chi connectivity index (χ2n) is 7.16. The number of nitrogens with two attached hydrogens (primary N) is 1. The third kappa shape index (κ3) is 4.39. The molecular weight excluding hydrogens is 405 g/mol. The molecule has 0 aliphatic carbocycles. The highest BCUT2D eigenvalue weighted by Gasteiger charge is 2.28. The van der Waals surface area contributed by atoms with Gasteiger partial charge in [0.25, 0.3) is 11.5 Å². The minimum absolute atomic E-state index is 0. The molecule has 0 spiro atoms. The summed E-state index contributed by atoms with van der Waals surface area (Å²) in [4.78, 5) is 46.4. The van der Waals surface area contributed by atoms with Crippen molar-refractivity contribution in [3.8, 4) is 0 Å². The van der Waals surface area contributed by atoms with Gasteiger partial charge in [-0.3, -0.25) is 19.1 Å². The summed E-state index contributed by atoms with van der Waals surface area (Å²) >= 11 is 0. The number of carbonyl (C=O) groups is 1. The SMILES string of the molecule is CCCn1c(=O)[nH]c(=O)c2c(C(=O)N3CC[C@@H](N)C3)cc(C(C)C)nc21.Cl.Cl. The van der Waals surface area contributed by atoms with E-state index in [-0.39, 0.29) is 53.7 Å². The summed E-state index contributed by atoms with van der Waals surface area (Å²) in [6.07, 6.45) is 1.45. The Kier molecular flexibility index (Phi) is 8.22. The normalized spacial score (nSPS) is 16.2. The number of nitrogens with one attached hydrogen (secondary N) is 1. The molecule has 0 unspecified atom stereocenters. The van der Waals surface area contributed by atoms with Gasteiger partial charge in [0.1, 0.15) is 0 Å². The van der Waals surface area contributed by atoms with E-state index in [1.165, 1.54) is 4.57 Å². The molecule has 10 heteroatoms. The van der Waals surface area contributed by atoms with Crippen molar-refractivity contribution in [3.63, 3.8) is 0 Å². The minimum Gasteiger partial charge on any atom is -0.337 e. The van der Waals surface area contributed by atoms with E-state index in [1.54, 1.807) is 11.0 Å². The van der Waals surface area contributed by atoms with Crippen LogP contribution in [0.4, 0.5) is 0 Å². The van der Waals surface area contributed by atoms with Crippen LogP contribution >= 0.6 is 24.8 Å². The number of aromatic nitrogens is 3. The number of amides is 1. The molecule has 1 aliphatic heterocycles. The third-order valence-corrected chi connectivity index (χ3v) is 4.75. The van der Waals surface area contributed by atoms with Crippen LogP contribution in [0.15, 0.2) is 15.7 Å². The Morgan fingerprint density at radius 1 is 1.36 bits per heavy atom. The molecule has 28 heavy (non-hydrogen) atoms. The average Bonchev–Trinajstić information content (AvgIpc) is 3.03. The van der Waals surface area contributed by atoms with E-state index in [9.17, 15) is 14.4 Å². The first-order chi connectivity index (χ1) is 12.3. The zero-order valence-corrected chi connectivity index (χ0v) is 17.9. The van der Waals surface area contributed by atoms with Crippen molar-refractivity contribution in [2.45, 2.75) is 52.1 Å². The van der Waals surface area contributed by atoms with Crippen LogP contribution in [0.5, 0.6) is 0 Å². The summed E-state index contributed by atoms with van der Waals surface area (Å²) in [7, 11) is 0. The number of likely N-dealkylation sites (tertiary alicyclic amines) is 1. The lowest BCUT2D eigenvalue weighted by molar-refractivity contribution is 0.0792. The molecule has 0 radical (unpaired) electrons. The summed E-state index contributed by atoms with van der Waals surface area (Å²) in [5.41, 5.74) is 6.10. The van der Waals surface area contributed by atoms with Gasteiger partial charge in [0, 0.05) is 31.4 Å². The smallest absolute Gasteiger partial charge is 0.329 e. The molecule has 3 N–H and O–H groups in total. The Bertz CT molecular complexity index is 970. The molecule has 1 amide bonds. The summed E-state index contributed by atoms with van der Waals surface area (Å²) in [5, 5.41) is 0.174. The van der Waals surface area contributed by atoms with Gasteiger partial charge < -0.3 is 10.6 Å². The Labute approximate surface area is 175 Å². The van der Waals surface area contributed by atoms with Crippen LogP contribution in [0.3, 0.4) is 0 Å². The fourth-order valence-corrected chi connectivity index (χ4v) is 3.33. The van der Waals surface area contributed by atoms with Gasteiger partial charge in [-0.1, -0.05) is 20.8 Å². The van der Waals surface area contributed by atoms with Gasteiger partial charge in [-0.15, -0.1) is 24.8 Å². The summed E-state index contributed by atoms with van der Waals surface area (Å²) in [6, 6.07) is 1.63. The van der Waals surface area contributed by atoms with E-state index in [1.807, 2.05) is 20.8 Å². The highest BCUT2D eigenvalue weighted by molar-refractivity contribution is 6.05. The van der Waals surface area contributed by atoms with Gasteiger partial charge >= 0.3 is 5.69 Å². The van der Waals surface area contributed by atoms with Crippen LogP contribution < -0.4 is 17.0 Å². The zero-order valence-electron chi connectivity index (χ0n) is 16.2. The van der Waals surface area contributed by atoms with Crippen molar-refractivity contribution in [1.29, 1.82) is 0 Å². The van der Waals surface area contributed by atoms with Crippen molar-refractivity contribution in [2.24, 2.45) is 5.73 Å². The Balaban J connectivity index is 0.00000196. The zero-order chi connectivity index (χ0) is 19.0. The maximum atomic E-state index is 13.1. The summed E-state index contributed by atoms with van der Waals surface area (Å²) < 4.78 is 1.44. The van der Waals surface area contributed by atoms with Crippen LogP contribution in [0.1, 0.15) is 55.6 Å². The standard InChI is InChI=1S/C18H25N5O3.2ClH/c1-4-6-23-15-14(16(24)21-18(23)26)12(8-13(20-15)10(2)3)17(25)22-7-5-11(19)9-22;;/h8,10-11H,4-7,9,19H2,1-3H3,(H,21,24,26);2*1H/t11-;;/m1../s1. The molecule has 2 aromatic rings. The number of H-pyrrole nitrogens is 1. The van der Waals surface area contributed by atoms with E-state index < -0.39 is 11.2 Å². The number of aromatic amines is 1. The molecule has 0 aromatic carbocycles. The van der Waals surface area contributed by atoms with Crippen LogP contribution in [-0.2, 0) is 6.54 Å². The quantitative estimate of drug-likeness (QED) is 0.763. The number of hydrogen-bond acceptors (Lipinski definition) is 5. The molecule has 8 nitrogen and oxygen atoms in total. The average molecular weight is 432 g/mol. The number of aryl methyl sites for hydroxylation is 1. The predicted octanol–water partition coefficient (Wildman–Crippen LogP) is 1.64. The van der Waals surface area contributed by atoms with Crippen molar-refractivity contribution >= 4 is 41.8 Å². The van der Waals surface area contributed by atoms with Gasteiger partial charge in [-0.05, 0) is 24.8 Å². The largest absolute Gasteiger partial charge is 0.337 e. The number of carbonyl (C=O) groups excluding carboxylic acids is 1. The molecular formula is C18H27Cl2N5O3. The highest BCUT2D eigenvalue weighted by atomic mass is 35.5. The molecule has 2 aromatic heterocycles. The molecule has 1 atom stereocenters. The molecule has 3 rings (SSSR count). The number of pyridine rings is 1. The van der Waals surface area contributed by atoms with Gasteiger partial charge in [0.2, 0.25) is 0 Å². The van der Waals surface area contributed by atoms with E-state index in [2.05, 4.69) is 9.97 Å². The van der Waals surface area contributed by atoms with Crippen molar-refractivity contribution in [1.82, 2.24) is 19.4 Å². The second-order valence-corrected chi connectivity index (χ2v) is 7.16. The maximum Gasteiger partial charge on any atom is 0.329 e. The van der Waals surface area contributed by atoms with Gasteiger partial charge in [-0.2, -0.15) is 0 Å². The van der Waals surface area contributed by atoms with Gasteiger partial charge in [0.15, 0.2) is 5.65 Å². The van der Waals surface area contributed by atoms with E-state index >= 15 is 0 Å². The number of halogens is 2. The van der Waals surface area contributed by atoms with Crippen LogP contribution in [0.2, 0.25) is 0 Å². The second kappa shape index (κ2) is 9.54. The van der Waals surface area contributed by atoms with Gasteiger partial charge in [-0.25, -0.2) is 9.78 Å². The topological polar surface area (TPSA) is 114 Å². The molecule has 0 bridgehead atoms. The fraction of sp³-hybridized carbons (Fsp3) is 0.556. The first-order valence-electron chi connectivity index (χ1n) is 9.06. The lowest BCUT2D eigenvalue weighted by atomic mass is 10.0. The van der Waals surface area contributed by atoms with Crippen LogP contribution in [-0.4, -0.2) is 44.5 Å². The fourth-order valence-electron chi connectivity index (χ4n) is 3.33. The third-order valence-electron chi connectivity index (χ3n) is 4.75. The van der Waals surface area contributed by atoms with Crippen LogP contribution in [0.25, 0.3) is 11.0 Å².